The van der Waals surface area contributed by atoms with Crippen molar-refractivity contribution in [2.24, 2.45) is 5.92 Å². The summed E-state index contributed by atoms with van der Waals surface area (Å²) in [7, 11) is 0. The van der Waals surface area contributed by atoms with Gasteiger partial charge in [-0.25, -0.2) is 0 Å². The van der Waals surface area contributed by atoms with Gasteiger partial charge in [-0.3, -0.25) is 4.79 Å². The minimum atomic E-state index is -0.157. The second-order valence-electron chi connectivity index (χ2n) is 5.17. The van der Waals surface area contributed by atoms with Crippen LogP contribution in [0.1, 0.15) is 19.8 Å². The van der Waals surface area contributed by atoms with Gasteiger partial charge in [-0.2, -0.15) is 0 Å². The number of hydrogen-bond donors (Lipinski definition) is 3. The quantitative estimate of drug-likeness (QED) is 0.542. The molecule has 0 spiro atoms. The predicted molar refractivity (Wildman–Crippen MR) is 76.9 cm³/mol. The van der Waals surface area contributed by atoms with E-state index in [0.717, 1.165) is 39.0 Å². The number of likely N-dealkylation sites (tertiary alicyclic amines) is 1. The molecule has 0 bridgehead atoms. The first-order chi connectivity index (χ1) is 9.17. The summed E-state index contributed by atoms with van der Waals surface area (Å²) in [6, 6.07) is -0.157. The van der Waals surface area contributed by atoms with Crippen LogP contribution in [0.5, 0.6) is 0 Å². The first kappa shape index (κ1) is 16.1. The van der Waals surface area contributed by atoms with Gasteiger partial charge in [-0.05, 0) is 45.3 Å². The standard InChI is InChI=1S/C14H27N3O2/c1-3-6-15-14(19)12(2)16-11-13-4-7-17(8-5-13)9-10-18/h3,12-13,16,18H,1,4-11H2,2H3,(H,15,19)/t12-/m0/s1. The Morgan fingerprint density at radius 2 is 2.21 bits per heavy atom. The van der Waals surface area contributed by atoms with E-state index >= 15 is 0 Å². The number of nitrogens with zero attached hydrogens (tertiary/aromatic N) is 1. The topological polar surface area (TPSA) is 64.6 Å². The van der Waals surface area contributed by atoms with Gasteiger partial charge in [0, 0.05) is 13.1 Å². The SMILES string of the molecule is C=CCNC(=O)[C@H](C)NCC1CCN(CCO)CC1. The lowest BCUT2D eigenvalue weighted by Crippen LogP contribution is -2.45. The van der Waals surface area contributed by atoms with Crippen molar-refractivity contribution in [1.82, 2.24) is 15.5 Å². The van der Waals surface area contributed by atoms with E-state index in [0.29, 0.717) is 12.5 Å². The van der Waals surface area contributed by atoms with Crippen LogP contribution in [0.15, 0.2) is 12.7 Å². The summed E-state index contributed by atoms with van der Waals surface area (Å²) < 4.78 is 0. The van der Waals surface area contributed by atoms with Crippen LogP contribution in [0.25, 0.3) is 0 Å². The van der Waals surface area contributed by atoms with E-state index in [1.54, 1.807) is 6.08 Å². The molecule has 1 aliphatic heterocycles. The third-order valence-electron chi connectivity index (χ3n) is 3.65. The van der Waals surface area contributed by atoms with Crippen molar-refractivity contribution < 1.29 is 9.90 Å². The van der Waals surface area contributed by atoms with Crippen molar-refractivity contribution in [2.45, 2.75) is 25.8 Å². The fourth-order valence-electron chi connectivity index (χ4n) is 2.32. The van der Waals surface area contributed by atoms with Crippen molar-refractivity contribution in [3.8, 4) is 0 Å². The van der Waals surface area contributed by atoms with Crippen molar-refractivity contribution in [3.05, 3.63) is 12.7 Å². The van der Waals surface area contributed by atoms with Gasteiger partial charge in [0.15, 0.2) is 0 Å². The minimum absolute atomic E-state index is 0.0256. The van der Waals surface area contributed by atoms with Gasteiger partial charge in [0.25, 0.3) is 0 Å². The predicted octanol–water partition coefficient (Wildman–Crippen LogP) is -0.0290. The van der Waals surface area contributed by atoms with E-state index in [1.165, 1.54) is 0 Å². The van der Waals surface area contributed by atoms with Crippen LogP contribution in [-0.4, -0.2) is 61.3 Å². The number of hydrogen-bond acceptors (Lipinski definition) is 4. The summed E-state index contributed by atoms with van der Waals surface area (Å²) in [5.41, 5.74) is 0. The van der Waals surface area contributed by atoms with Gasteiger partial charge in [-0.15, -0.1) is 6.58 Å². The summed E-state index contributed by atoms with van der Waals surface area (Å²) in [6.45, 7) is 9.98. The molecule has 5 nitrogen and oxygen atoms in total. The van der Waals surface area contributed by atoms with E-state index in [1.807, 2.05) is 6.92 Å². The molecule has 1 aliphatic rings. The second kappa shape index (κ2) is 9.07. The number of rotatable bonds is 8. The first-order valence-electron chi connectivity index (χ1n) is 7.12. The van der Waals surface area contributed by atoms with E-state index < -0.39 is 0 Å². The van der Waals surface area contributed by atoms with Crippen molar-refractivity contribution >= 4 is 5.91 Å². The van der Waals surface area contributed by atoms with Crippen molar-refractivity contribution in [2.75, 3.05) is 39.3 Å². The molecule has 110 valence electrons. The number of nitrogens with one attached hydrogen (secondary N) is 2. The molecule has 19 heavy (non-hydrogen) atoms. The molecular weight excluding hydrogens is 242 g/mol. The molecule has 0 saturated carbocycles. The fraction of sp³-hybridized carbons (Fsp3) is 0.786. The summed E-state index contributed by atoms with van der Waals surface area (Å²) in [6.07, 6.45) is 3.95. The molecule has 0 radical (unpaired) electrons. The van der Waals surface area contributed by atoms with Gasteiger partial charge < -0.3 is 20.6 Å². The molecule has 0 aromatic carbocycles. The van der Waals surface area contributed by atoms with Crippen molar-refractivity contribution in [3.63, 3.8) is 0 Å². The Balaban J connectivity index is 2.15. The smallest absolute Gasteiger partial charge is 0.237 e. The maximum absolute atomic E-state index is 11.7. The maximum atomic E-state index is 11.7. The van der Waals surface area contributed by atoms with Crippen LogP contribution in [-0.2, 0) is 4.79 Å². The van der Waals surface area contributed by atoms with Gasteiger partial charge in [0.1, 0.15) is 0 Å². The Bertz CT molecular complexity index is 276. The highest BCUT2D eigenvalue weighted by molar-refractivity contribution is 5.81. The molecule has 0 aliphatic carbocycles. The highest BCUT2D eigenvalue weighted by Gasteiger charge is 2.20. The average Bonchev–Trinajstić information content (AvgIpc) is 2.44. The molecule has 1 rings (SSSR count). The normalized spacial score (nSPS) is 19.1. The van der Waals surface area contributed by atoms with Crippen LogP contribution < -0.4 is 10.6 Å². The van der Waals surface area contributed by atoms with Crippen LogP contribution in [0, 0.1) is 5.92 Å². The Labute approximate surface area is 116 Å². The third kappa shape index (κ3) is 6.18. The molecule has 1 atom stereocenters. The average molecular weight is 269 g/mol. The Kier molecular flexibility index (Phi) is 7.70. The zero-order chi connectivity index (χ0) is 14.1. The number of aliphatic hydroxyl groups excluding tert-OH is 1. The largest absolute Gasteiger partial charge is 0.395 e. The molecule has 1 amide bonds. The van der Waals surface area contributed by atoms with E-state index in [9.17, 15) is 4.79 Å². The Hall–Kier alpha value is -0.910. The fourth-order valence-corrected chi connectivity index (χ4v) is 2.32. The molecule has 1 fully saturated rings. The van der Waals surface area contributed by atoms with Crippen LogP contribution in [0.2, 0.25) is 0 Å². The van der Waals surface area contributed by atoms with Crippen molar-refractivity contribution in [1.29, 1.82) is 0 Å². The zero-order valence-corrected chi connectivity index (χ0v) is 11.9. The molecule has 1 heterocycles. The molecule has 0 unspecified atom stereocenters. The van der Waals surface area contributed by atoms with E-state index in [-0.39, 0.29) is 18.6 Å². The molecular formula is C14H27N3O2. The number of piperidine rings is 1. The Morgan fingerprint density at radius 1 is 1.53 bits per heavy atom. The van der Waals surface area contributed by atoms with Gasteiger partial charge in [-0.1, -0.05) is 6.08 Å². The molecule has 5 heteroatoms. The summed E-state index contributed by atoms with van der Waals surface area (Å²) >= 11 is 0. The lowest BCUT2D eigenvalue weighted by molar-refractivity contribution is -0.122. The van der Waals surface area contributed by atoms with Crippen LogP contribution >= 0.6 is 0 Å². The lowest BCUT2D eigenvalue weighted by atomic mass is 9.96. The molecule has 3 N–H and O–H groups in total. The third-order valence-corrected chi connectivity index (χ3v) is 3.65. The lowest BCUT2D eigenvalue weighted by Gasteiger charge is -2.32. The highest BCUT2D eigenvalue weighted by atomic mass is 16.3. The highest BCUT2D eigenvalue weighted by Crippen LogP contribution is 2.15. The van der Waals surface area contributed by atoms with E-state index in [4.69, 9.17) is 5.11 Å². The summed E-state index contributed by atoms with van der Waals surface area (Å²) in [5.74, 6) is 0.655. The molecule has 1 saturated heterocycles. The maximum Gasteiger partial charge on any atom is 0.237 e. The number of amides is 1. The van der Waals surface area contributed by atoms with Crippen LogP contribution in [0.3, 0.4) is 0 Å². The van der Waals surface area contributed by atoms with Gasteiger partial charge >= 0.3 is 0 Å². The Morgan fingerprint density at radius 3 is 2.79 bits per heavy atom. The van der Waals surface area contributed by atoms with Gasteiger partial charge in [0.05, 0.1) is 12.6 Å². The number of carbonyl (C=O) groups is 1. The molecule has 0 aromatic rings. The van der Waals surface area contributed by atoms with Gasteiger partial charge in [0.2, 0.25) is 5.91 Å². The summed E-state index contributed by atoms with van der Waals surface area (Å²) in [5, 5.41) is 15.0. The minimum Gasteiger partial charge on any atom is -0.395 e. The number of β-amino-alcohol motifs (C(OH)–C–C–N with tert-alkyl or cyclic N) is 1. The number of carbonyl (C=O) groups excluding carboxylic acids is 1. The number of aliphatic hydroxyl groups is 1. The monoisotopic (exact) mass is 269 g/mol. The van der Waals surface area contributed by atoms with Crippen LogP contribution in [0.4, 0.5) is 0 Å². The zero-order valence-electron chi connectivity index (χ0n) is 11.9. The second-order valence-corrected chi connectivity index (χ2v) is 5.17. The first-order valence-corrected chi connectivity index (χ1v) is 7.12. The molecule has 0 aromatic heterocycles. The summed E-state index contributed by atoms with van der Waals surface area (Å²) in [4.78, 5) is 13.9. The van der Waals surface area contributed by atoms with E-state index in [2.05, 4.69) is 22.1 Å².